The fraction of sp³-hybridized carbons (Fsp3) is 0.818. The van der Waals surface area contributed by atoms with Crippen molar-refractivity contribution in [1.82, 2.24) is 10.2 Å². The lowest BCUT2D eigenvalue weighted by Crippen LogP contribution is -2.55. The van der Waals surface area contributed by atoms with Crippen LogP contribution in [0.2, 0.25) is 0 Å². The fourth-order valence-corrected chi connectivity index (χ4v) is 1.83. The molecule has 5 nitrogen and oxygen atoms in total. The Bertz CT molecular complexity index is 259. The number of nitrogens with zero attached hydrogens (tertiary/aromatic N) is 1. The van der Waals surface area contributed by atoms with Gasteiger partial charge in [-0.1, -0.05) is 6.92 Å². The number of rotatable bonds is 5. The van der Waals surface area contributed by atoms with E-state index in [1.165, 1.54) is 0 Å². The van der Waals surface area contributed by atoms with Crippen LogP contribution in [0.5, 0.6) is 0 Å². The topological polar surface area (TPSA) is 58.6 Å². The molecule has 0 radical (unpaired) electrons. The SMILES string of the molecule is CCCN1CCNC(CC(=O)OCC)C1=O.Cl. The average molecular weight is 265 g/mol. The first kappa shape index (κ1) is 16.2. The number of nitrogens with one attached hydrogen (secondary N) is 1. The standard InChI is InChI=1S/C11H20N2O3.ClH/c1-3-6-13-7-5-12-9(11(13)15)8-10(14)16-4-2;/h9,12H,3-8H2,1-2H3;1H. The van der Waals surface area contributed by atoms with Gasteiger partial charge in [0.1, 0.15) is 0 Å². The smallest absolute Gasteiger partial charge is 0.307 e. The molecule has 0 aromatic carbocycles. The van der Waals surface area contributed by atoms with Gasteiger partial charge in [0.2, 0.25) is 5.91 Å². The lowest BCUT2D eigenvalue weighted by atomic mass is 10.1. The molecule has 1 atom stereocenters. The van der Waals surface area contributed by atoms with Crippen molar-refractivity contribution in [2.75, 3.05) is 26.2 Å². The van der Waals surface area contributed by atoms with Gasteiger partial charge >= 0.3 is 5.97 Å². The predicted molar refractivity (Wildman–Crippen MR) is 67.2 cm³/mol. The zero-order valence-electron chi connectivity index (χ0n) is 10.4. The van der Waals surface area contributed by atoms with Gasteiger partial charge in [0, 0.05) is 19.6 Å². The highest BCUT2D eigenvalue weighted by Crippen LogP contribution is 2.06. The molecule has 100 valence electrons. The van der Waals surface area contributed by atoms with Crippen molar-refractivity contribution < 1.29 is 14.3 Å². The molecule has 1 saturated heterocycles. The van der Waals surface area contributed by atoms with Crippen molar-refractivity contribution in [2.24, 2.45) is 0 Å². The number of hydrogen-bond acceptors (Lipinski definition) is 4. The van der Waals surface area contributed by atoms with E-state index in [0.29, 0.717) is 6.61 Å². The Kier molecular flexibility index (Phi) is 7.91. The van der Waals surface area contributed by atoms with Gasteiger partial charge in [0.25, 0.3) is 0 Å². The Balaban J connectivity index is 0.00000256. The second kappa shape index (κ2) is 8.31. The third kappa shape index (κ3) is 4.91. The zero-order valence-corrected chi connectivity index (χ0v) is 11.2. The summed E-state index contributed by atoms with van der Waals surface area (Å²) in [6.45, 7) is 6.40. The molecule has 1 amide bonds. The molecule has 1 heterocycles. The quantitative estimate of drug-likeness (QED) is 0.738. The normalized spacial score (nSPS) is 19.8. The van der Waals surface area contributed by atoms with Crippen molar-refractivity contribution in [3.05, 3.63) is 0 Å². The van der Waals surface area contributed by atoms with E-state index in [9.17, 15) is 9.59 Å². The molecule has 1 rings (SSSR count). The molecule has 1 N–H and O–H groups in total. The highest BCUT2D eigenvalue weighted by Gasteiger charge is 2.29. The Morgan fingerprint density at radius 3 is 2.82 bits per heavy atom. The van der Waals surface area contributed by atoms with Crippen LogP contribution in [0.25, 0.3) is 0 Å². The number of amides is 1. The van der Waals surface area contributed by atoms with Gasteiger partial charge in [-0.3, -0.25) is 9.59 Å². The number of carbonyl (C=O) groups excluding carboxylic acids is 2. The molecular formula is C11H21ClN2O3. The third-order valence-corrected chi connectivity index (χ3v) is 2.55. The Labute approximate surface area is 108 Å². The minimum Gasteiger partial charge on any atom is -0.466 e. The van der Waals surface area contributed by atoms with Crippen molar-refractivity contribution in [2.45, 2.75) is 32.7 Å². The number of piperazine rings is 1. The number of hydrogen-bond donors (Lipinski definition) is 1. The van der Waals surface area contributed by atoms with E-state index in [1.54, 1.807) is 11.8 Å². The molecule has 1 aliphatic heterocycles. The maximum absolute atomic E-state index is 11.9. The summed E-state index contributed by atoms with van der Waals surface area (Å²) in [5.74, 6) is -0.298. The fourth-order valence-electron chi connectivity index (χ4n) is 1.83. The summed E-state index contributed by atoms with van der Waals surface area (Å²) in [6, 6.07) is -0.403. The van der Waals surface area contributed by atoms with Gasteiger partial charge < -0.3 is 15.0 Å². The van der Waals surface area contributed by atoms with E-state index in [-0.39, 0.29) is 30.7 Å². The Hall–Kier alpha value is -0.810. The second-order valence-electron chi connectivity index (χ2n) is 3.84. The first-order valence-corrected chi connectivity index (χ1v) is 5.86. The van der Waals surface area contributed by atoms with Crippen LogP contribution in [-0.2, 0) is 14.3 Å². The summed E-state index contributed by atoms with van der Waals surface area (Å²) in [5, 5.41) is 3.05. The summed E-state index contributed by atoms with van der Waals surface area (Å²) in [7, 11) is 0. The molecule has 17 heavy (non-hydrogen) atoms. The van der Waals surface area contributed by atoms with E-state index in [2.05, 4.69) is 5.32 Å². The molecular weight excluding hydrogens is 244 g/mol. The lowest BCUT2D eigenvalue weighted by molar-refractivity contribution is -0.148. The first-order valence-electron chi connectivity index (χ1n) is 5.86. The van der Waals surface area contributed by atoms with Crippen molar-refractivity contribution in [3.63, 3.8) is 0 Å². The van der Waals surface area contributed by atoms with Crippen molar-refractivity contribution in [1.29, 1.82) is 0 Å². The average Bonchev–Trinajstić information content (AvgIpc) is 2.24. The van der Waals surface area contributed by atoms with Crippen LogP contribution < -0.4 is 5.32 Å². The largest absolute Gasteiger partial charge is 0.466 e. The molecule has 1 unspecified atom stereocenters. The monoisotopic (exact) mass is 264 g/mol. The van der Waals surface area contributed by atoms with Crippen LogP contribution in [0.15, 0.2) is 0 Å². The van der Waals surface area contributed by atoms with E-state index in [1.807, 2.05) is 6.92 Å². The Morgan fingerprint density at radius 1 is 1.53 bits per heavy atom. The number of carbonyl (C=O) groups is 2. The van der Waals surface area contributed by atoms with Crippen molar-refractivity contribution in [3.8, 4) is 0 Å². The lowest BCUT2D eigenvalue weighted by Gasteiger charge is -2.32. The molecule has 0 spiro atoms. The van der Waals surface area contributed by atoms with Gasteiger partial charge in [0.15, 0.2) is 0 Å². The molecule has 0 bridgehead atoms. The molecule has 1 fully saturated rings. The van der Waals surface area contributed by atoms with Gasteiger partial charge in [-0.25, -0.2) is 0 Å². The van der Waals surface area contributed by atoms with Crippen LogP contribution in [0.1, 0.15) is 26.7 Å². The highest BCUT2D eigenvalue weighted by molar-refractivity contribution is 5.87. The number of ether oxygens (including phenoxy) is 1. The van der Waals surface area contributed by atoms with Crippen molar-refractivity contribution >= 4 is 24.3 Å². The van der Waals surface area contributed by atoms with Crippen LogP contribution in [0.3, 0.4) is 0 Å². The first-order chi connectivity index (χ1) is 7.69. The van der Waals surface area contributed by atoms with Crippen LogP contribution in [0.4, 0.5) is 0 Å². The molecule has 0 aliphatic carbocycles. The third-order valence-electron chi connectivity index (χ3n) is 2.55. The van der Waals surface area contributed by atoms with Gasteiger partial charge in [-0.15, -0.1) is 12.4 Å². The van der Waals surface area contributed by atoms with Crippen LogP contribution in [-0.4, -0.2) is 49.1 Å². The minimum absolute atomic E-state index is 0. The summed E-state index contributed by atoms with van der Waals surface area (Å²) in [5.41, 5.74) is 0. The zero-order chi connectivity index (χ0) is 12.0. The summed E-state index contributed by atoms with van der Waals surface area (Å²) in [6.07, 6.45) is 1.07. The van der Waals surface area contributed by atoms with E-state index >= 15 is 0 Å². The van der Waals surface area contributed by atoms with Crippen LogP contribution >= 0.6 is 12.4 Å². The summed E-state index contributed by atoms with van der Waals surface area (Å²) >= 11 is 0. The number of esters is 1. The highest BCUT2D eigenvalue weighted by atomic mass is 35.5. The second-order valence-corrected chi connectivity index (χ2v) is 3.84. The van der Waals surface area contributed by atoms with E-state index in [0.717, 1.165) is 26.1 Å². The molecule has 1 aliphatic rings. The van der Waals surface area contributed by atoms with E-state index in [4.69, 9.17) is 4.74 Å². The summed E-state index contributed by atoms with van der Waals surface area (Å²) < 4.78 is 4.84. The molecule has 0 aromatic heterocycles. The van der Waals surface area contributed by atoms with E-state index < -0.39 is 6.04 Å². The van der Waals surface area contributed by atoms with Crippen LogP contribution in [0, 0.1) is 0 Å². The Morgan fingerprint density at radius 2 is 2.24 bits per heavy atom. The van der Waals surface area contributed by atoms with Gasteiger partial charge in [-0.05, 0) is 13.3 Å². The van der Waals surface area contributed by atoms with Gasteiger partial charge in [-0.2, -0.15) is 0 Å². The minimum atomic E-state index is -0.403. The maximum atomic E-state index is 11.9. The molecule has 6 heteroatoms. The molecule has 0 saturated carbocycles. The summed E-state index contributed by atoms with van der Waals surface area (Å²) in [4.78, 5) is 25.0. The predicted octanol–water partition coefficient (Wildman–Crippen LogP) is 0.572. The number of halogens is 1. The maximum Gasteiger partial charge on any atom is 0.307 e. The molecule has 0 aromatic rings. The van der Waals surface area contributed by atoms with Gasteiger partial charge in [0.05, 0.1) is 19.1 Å².